The molecule has 0 aliphatic carbocycles. The van der Waals surface area contributed by atoms with Gasteiger partial charge in [-0.3, -0.25) is 0 Å². The molecule has 4 nitrogen and oxygen atoms in total. The van der Waals surface area contributed by atoms with Gasteiger partial charge in [-0.1, -0.05) is 103 Å². The van der Waals surface area contributed by atoms with Gasteiger partial charge in [0.1, 0.15) is 17.2 Å². The van der Waals surface area contributed by atoms with Crippen LogP contribution in [0.4, 0.5) is 0 Å². The van der Waals surface area contributed by atoms with Crippen LogP contribution in [0, 0.1) is 11.3 Å². The van der Waals surface area contributed by atoms with Crippen molar-refractivity contribution in [2.75, 3.05) is 20.8 Å². The molecule has 0 aliphatic rings. The molecule has 2 aromatic carbocycles. The molecule has 0 spiro atoms. The number of nitrogens with zero attached hydrogens (tertiary/aromatic N) is 1. The van der Waals surface area contributed by atoms with Gasteiger partial charge >= 0.3 is 0 Å². The van der Waals surface area contributed by atoms with E-state index in [1.54, 1.807) is 14.2 Å². The van der Waals surface area contributed by atoms with Gasteiger partial charge in [0.05, 0.1) is 32.5 Å². The number of hydrogen-bond acceptors (Lipinski definition) is 4. The summed E-state index contributed by atoms with van der Waals surface area (Å²) in [6, 6.07) is 15.6. The van der Waals surface area contributed by atoms with E-state index in [-0.39, 0.29) is 0 Å². The van der Waals surface area contributed by atoms with E-state index >= 15 is 0 Å². The average Bonchev–Trinajstić information content (AvgIpc) is 2.97. The maximum absolute atomic E-state index is 9.74. The molecule has 0 aliphatic heterocycles. The zero-order valence-electron chi connectivity index (χ0n) is 24.8. The first kappa shape index (κ1) is 32.3. The maximum atomic E-state index is 9.74. The highest BCUT2D eigenvalue weighted by molar-refractivity contribution is 5.90. The lowest BCUT2D eigenvalue weighted by atomic mass is 10.0. The van der Waals surface area contributed by atoms with Crippen molar-refractivity contribution in [3.8, 4) is 23.3 Å². The van der Waals surface area contributed by atoms with Crippen LogP contribution >= 0.6 is 0 Å². The highest BCUT2D eigenvalue weighted by Crippen LogP contribution is 2.29. The monoisotopic (exact) mass is 533 g/mol. The Morgan fingerprint density at radius 3 is 1.67 bits per heavy atom. The molecule has 2 rings (SSSR count). The van der Waals surface area contributed by atoms with Gasteiger partial charge in [-0.05, 0) is 60.5 Å². The first-order chi connectivity index (χ1) is 19.2. The lowest BCUT2D eigenvalue weighted by molar-refractivity contribution is 0.304. The average molecular weight is 534 g/mol. The Bertz CT molecular complexity index is 974. The maximum Gasteiger partial charge on any atom is 0.126 e. The van der Waals surface area contributed by atoms with Crippen LogP contribution in [0.2, 0.25) is 0 Å². The van der Waals surface area contributed by atoms with Gasteiger partial charge in [0.25, 0.3) is 0 Å². The number of ether oxygens (including phenoxy) is 3. The quantitative estimate of drug-likeness (QED) is 0.0858. The summed E-state index contributed by atoms with van der Waals surface area (Å²) in [5.41, 5.74) is 2.21. The minimum Gasteiger partial charge on any atom is -0.497 e. The van der Waals surface area contributed by atoms with Crippen LogP contribution in [0.3, 0.4) is 0 Å². The molecule has 0 bridgehead atoms. The van der Waals surface area contributed by atoms with Gasteiger partial charge in [-0.15, -0.1) is 0 Å². The van der Waals surface area contributed by atoms with Gasteiger partial charge < -0.3 is 14.2 Å². The molecule has 0 saturated heterocycles. The largest absolute Gasteiger partial charge is 0.497 e. The predicted octanol–water partition coefficient (Wildman–Crippen LogP) is 10.4. The Morgan fingerprint density at radius 2 is 1.18 bits per heavy atom. The molecule has 0 fully saturated rings. The third-order valence-corrected chi connectivity index (χ3v) is 7.29. The van der Waals surface area contributed by atoms with Crippen LogP contribution in [0.5, 0.6) is 17.2 Å². The van der Waals surface area contributed by atoms with E-state index in [4.69, 9.17) is 14.2 Å². The topological polar surface area (TPSA) is 51.5 Å². The minimum absolute atomic E-state index is 0.561. The fraction of sp³-hybridized carbons (Fsp3) is 0.571. The molecule has 4 heteroatoms. The van der Waals surface area contributed by atoms with Crippen molar-refractivity contribution >= 4 is 11.6 Å². The number of unbranched alkanes of at least 4 members (excludes halogenated alkanes) is 15. The van der Waals surface area contributed by atoms with Crippen molar-refractivity contribution in [1.82, 2.24) is 0 Å². The molecule has 0 atom stereocenters. The van der Waals surface area contributed by atoms with E-state index in [9.17, 15) is 5.26 Å². The van der Waals surface area contributed by atoms with Crippen LogP contribution in [0.25, 0.3) is 11.6 Å². The second kappa shape index (κ2) is 21.0. The Kier molecular flexibility index (Phi) is 17.4. The molecular weight excluding hydrogens is 482 g/mol. The van der Waals surface area contributed by atoms with E-state index in [1.807, 2.05) is 48.5 Å². The molecule has 2 aromatic rings. The first-order valence-electron chi connectivity index (χ1n) is 15.3. The van der Waals surface area contributed by atoms with Crippen molar-refractivity contribution in [2.24, 2.45) is 0 Å². The van der Waals surface area contributed by atoms with E-state index in [0.29, 0.717) is 11.3 Å². The fourth-order valence-corrected chi connectivity index (χ4v) is 4.86. The number of methoxy groups -OCH3 is 2. The molecule has 0 N–H and O–H groups in total. The highest BCUT2D eigenvalue weighted by atomic mass is 16.5. The minimum atomic E-state index is 0.561. The second-order valence-electron chi connectivity index (χ2n) is 10.5. The molecule has 0 radical (unpaired) electrons. The molecule has 0 heterocycles. The molecule has 214 valence electrons. The molecule has 0 aromatic heterocycles. The fourth-order valence-electron chi connectivity index (χ4n) is 4.86. The summed E-state index contributed by atoms with van der Waals surface area (Å²) in [6.07, 6.45) is 23.7. The van der Waals surface area contributed by atoms with Crippen LogP contribution in [-0.4, -0.2) is 20.8 Å². The molecule has 0 unspecified atom stereocenters. The zero-order valence-corrected chi connectivity index (χ0v) is 24.8. The van der Waals surface area contributed by atoms with Crippen LogP contribution in [0.1, 0.15) is 121 Å². The number of rotatable bonds is 22. The van der Waals surface area contributed by atoms with Gasteiger partial charge in [0.15, 0.2) is 0 Å². The number of allylic oxidation sites excluding steroid dienone is 1. The SMILES string of the molecule is CCCCCCCCCCCCCCCCCCOc1ccc(C(C#N)=Cc2cc(OC)ccc2OC)cc1. The second-order valence-corrected chi connectivity index (χ2v) is 10.5. The van der Waals surface area contributed by atoms with Gasteiger partial charge in [0, 0.05) is 5.56 Å². The summed E-state index contributed by atoms with van der Waals surface area (Å²) < 4.78 is 16.7. The van der Waals surface area contributed by atoms with Gasteiger partial charge in [-0.25, -0.2) is 0 Å². The van der Waals surface area contributed by atoms with Gasteiger partial charge in [-0.2, -0.15) is 5.26 Å². The van der Waals surface area contributed by atoms with Crippen molar-refractivity contribution in [3.63, 3.8) is 0 Å². The third-order valence-electron chi connectivity index (χ3n) is 7.29. The lowest BCUT2D eigenvalue weighted by Crippen LogP contribution is -1.97. The standard InChI is InChI=1S/C35H51NO3/c1-4-5-6-7-8-9-10-11-12-13-14-15-16-17-18-19-26-39-33-22-20-30(21-23-33)32(29-36)27-31-28-34(37-2)24-25-35(31)38-3/h20-25,27-28H,4-19,26H2,1-3H3. The van der Waals surface area contributed by atoms with E-state index in [2.05, 4.69) is 13.0 Å². The summed E-state index contributed by atoms with van der Waals surface area (Å²) >= 11 is 0. The Balaban J connectivity index is 1.57. The normalized spacial score (nSPS) is 11.3. The van der Waals surface area contributed by atoms with Gasteiger partial charge in [0.2, 0.25) is 0 Å². The Labute approximate surface area is 238 Å². The highest BCUT2D eigenvalue weighted by Gasteiger charge is 2.07. The Morgan fingerprint density at radius 1 is 0.667 bits per heavy atom. The van der Waals surface area contributed by atoms with E-state index in [1.165, 1.54) is 96.3 Å². The number of benzene rings is 2. The molecule has 0 amide bonds. The smallest absolute Gasteiger partial charge is 0.126 e. The summed E-state index contributed by atoms with van der Waals surface area (Å²) in [5.74, 6) is 2.26. The summed E-state index contributed by atoms with van der Waals surface area (Å²) in [4.78, 5) is 0. The van der Waals surface area contributed by atoms with Crippen molar-refractivity contribution < 1.29 is 14.2 Å². The van der Waals surface area contributed by atoms with E-state index in [0.717, 1.165) is 35.7 Å². The predicted molar refractivity (Wildman–Crippen MR) is 165 cm³/mol. The summed E-state index contributed by atoms with van der Waals surface area (Å²) in [6.45, 7) is 3.02. The Hall–Kier alpha value is -2.93. The van der Waals surface area contributed by atoms with Crippen LogP contribution in [-0.2, 0) is 0 Å². The third kappa shape index (κ3) is 13.6. The van der Waals surface area contributed by atoms with E-state index < -0.39 is 0 Å². The van der Waals surface area contributed by atoms with Crippen LogP contribution < -0.4 is 14.2 Å². The molecule has 39 heavy (non-hydrogen) atoms. The number of hydrogen-bond donors (Lipinski definition) is 0. The van der Waals surface area contributed by atoms with Crippen molar-refractivity contribution in [2.45, 2.75) is 110 Å². The lowest BCUT2D eigenvalue weighted by Gasteiger charge is -2.09. The first-order valence-corrected chi connectivity index (χ1v) is 15.3. The summed E-state index contributed by atoms with van der Waals surface area (Å²) in [5, 5.41) is 9.74. The zero-order chi connectivity index (χ0) is 28.0. The van der Waals surface area contributed by atoms with Crippen molar-refractivity contribution in [3.05, 3.63) is 53.6 Å². The summed E-state index contributed by atoms with van der Waals surface area (Å²) in [7, 11) is 3.25. The van der Waals surface area contributed by atoms with Crippen LogP contribution in [0.15, 0.2) is 42.5 Å². The number of nitriles is 1. The molecule has 0 saturated carbocycles. The molecular formula is C35H51NO3. The van der Waals surface area contributed by atoms with Crippen molar-refractivity contribution in [1.29, 1.82) is 5.26 Å².